The molecule has 0 aromatic carbocycles. The highest BCUT2D eigenvalue weighted by atomic mass is 16.2. The molecule has 84 valence electrons. The molecule has 0 radical (unpaired) electrons. The first-order valence-corrected chi connectivity index (χ1v) is 5.70. The highest BCUT2D eigenvalue weighted by Gasteiger charge is 2.45. The average Bonchev–Trinajstić information content (AvgIpc) is 2.80. The Balaban J connectivity index is 2.30. The van der Waals surface area contributed by atoms with Crippen molar-refractivity contribution in [3.63, 3.8) is 0 Å². The Morgan fingerprint density at radius 2 is 1.94 bits per heavy atom. The number of hydrogen-bond donors (Lipinski definition) is 1. The molecule has 3 rings (SSSR count). The van der Waals surface area contributed by atoms with Gasteiger partial charge in [0.15, 0.2) is 0 Å². The molecular weight excluding hydrogens is 204 g/mol. The van der Waals surface area contributed by atoms with Crippen molar-refractivity contribution >= 4 is 5.91 Å². The summed E-state index contributed by atoms with van der Waals surface area (Å²) in [5.41, 5.74) is 0.761. The van der Waals surface area contributed by atoms with Crippen molar-refractivity contribution in [3.8, 4) is 0 Å². The monoisotopic (exact) mass is 218 g/mol. The number of aromatic nitrogens is 1. The van der Waals surface area contributed by atoms with Crippen LogP contribution in [0.5, 0.6) is 0 Å². The minimum absolute atomic E-state index is 0.0299. The van der Waals surface area contributed by atoms with Crippen LogP contribution in [0.1, 0.15) is 41.7 Å². The largest absolute Gasteiger partial charge is 0.327 e. The zero-order valence-corrected chi connectivity index (χ0v) is 9.25. The van der Waals surface area contributed by atoms with E-state index in [9.17, 15) is 9.59 Å². The van der Waals surface area contributed by atoms with Crippen molar-refractivity contribution < 1.29 is 4.79 Å². The average molecular weight is 218 g/mol. The van der Waals surface area contributed by atoms with Crippen LogP contribution in [0.3, 0.4) is 0 Å². The molecule has 1 fully saturated rings. The van der Waals surface area contributed by atoms with Gasteiger partial charge in [-0.1, -0.05) is 6.07 Å². The van der Waals surface area contributed by atoms with Crippen LogP contribution in [0.15, 0.2) is 16.9 Å². The SMILES string of the molecule is Cc1ccc2n(c1=O)C1(CCCC1)NC2=O. The highest BCUT2D eigenvalue weighted by Crippen LogP contribution is 2.37. The third-order valence-electron chi connectivity index (χ3n) is 3.71. The lowest BCUT2D eigenvalue weighted by Crippen LogP contribution is -2.45. The lowest BCUT2D eigenvalue weighted by molar-refractivity contribution is 0.0920. The fourth-order valence-corrected chi connectivity index (χ4v) is 2.88. The Bertz CT molecular complexity index is 524. The lowest BCUT2D eigenvalue weighted by atomic mass is 10.1. The molecule has 2 heterocycles. The number of hydrogen-bond acceptors (Lipinski definition) is 2. The van der Waals surface area contributed by atoms with Crippen LogP contribution in [-0.4, -0.2) is 10.5 Å². The summed E-state index contributed by atoms with van der Waals surface area (Å²) in [5.74, 6) is -0.112. The van der Waals surface area contributed by atoms with Gasteiger partial charge in [-0.15, -0.1) is 0 Å². The number of fused-ring (bicyclic) bond motifs is 2. The smallest absolute Gasteiger partial charge is 0.269 e. The standard InChI is InChI=1S/C12H14N2O2/c1-8-4-5-9-10(15)13-12(6-2-3-7-12)14(9)11(8)16/h4-5H,2-3,6-7H2,1H3,(H,13,15). The van der Waals surface area contributed by atoms with Crippen molar-refractivity contribution in [2.24, 2.45) is 0 Å². The number of carbonyl (C=O) groups is 1. The van der Waals surface area contributed by atoms with Gasteiger partial charge in [-0.3, -0.25) is 14.2 Å². The molecule has 4 heteroatoms. The van der Waals surface area contributed by atoms with Gasteiger partial charge in [-0.05, 0) is 38.7 Å². The molecule has 4 nitrogen and oxygen atoms in total. The van der Waals surface area contributed by atoms with E-state index in [2.05, 4.69) is 5.32 Å². The zero-order chi connectivity index (χ0) is 11.3. The third-order valence-corrected chi connectivity index (χ3v) is 3.71. The van der Waals surface area contributed by atoms with Crippen LogP contribution in [0.4, 0.5) is 0 Å². The minimum Gasteiger partial charge on any atom is -0.327 e. The number of rotatable bonds is 0. The first-order valence-electron chi connectivity index (χ1n) is 5.70. The van der Waals surface area contributed by atoms with Gasteiger partial charge in [0.25, 0.3) is 11.5 Å². The molecule has 1 aliphatic heterocycles. The van der Waals surface area contributed by atoms with Crippen LogP contribution in [0.25, 0.3) is 0 Å². The van der Waals surface area contributed by atoms with Crippen LogP contribution >= 0.6 is 0 Å². The molecule has 2 aliphatic rings. The number of aryl methyl sites for hydroxylation is 1. The summed E-state index contributed by atoms with van der Waals surface area (Å²) in [6.07, 6.45) is 3.88. The van der Waals surface area contributed by atoms with Crippen molar-refractivity contribution in [3.05, 3.63) is 33.7 Å². The number of nitrogens with one attached hydrogen (secondary N) is 1. The quantitative estimate of drug-likeness (QED) is 0.709. The first kappa shape index (κ1) is 9.63. The van der Waals surface area contributed by atoms with Gasteiger partial charge in [-0.25, -0.2) is 0 Å². The van der Waals surface area contributed by atoms with Crippen LogP contribution in [0, 0.1) is 6.92 Å². The van der Waals surface area contributed by atoms with Gasteiger partial charge >= 0.3 is 0 Å². The van der Waals surface area contributed by atoms with E-state index in [-0.39, 0.29) is 11.5 Å². The second-order valence-corrected chi connectivity index (χ2v) is 4.73. The highest BCUT2D eigenvalue weighted by molar-refractivity contribution is 5.95. The minimum atomic E-state index is -0.421. The maximum atomic E-state index is 12.1. The van der Waals surface area contributed by atoms with E-state index in [0.717, 1.165) is 25.7 Å². The van der Waals surface area contributed by atoms with Gasteiger partial charge in [0.05, 0.1) is 0 Å². The summed E-state index contributed by atoms with van der Waals surface area (Å²) in [6, 6.07) is 3.47. The van der Waals surface area contributed by atoms with Crippen molar-refractivity contribution in [2.45, 2.75) is 38.3 Å². The van der Waals surface area contributed by atoms with E-state index in [1.807, 2.05) is 0 Å². The summed E-state index contributed by atoms with van der Waals surface area (Å²) in [5, 5.41) is 2.99. The summed E-state index contributed by atoms with van der Waals surface area (Å²) in [6.45, 7) is 1.79. The van der Waals surface area contributed by atoms with E-state index < -0.39 is 5.66 Å². The Kier molecular flexibility index (Phi) is 1.79. The second-order valence-electron chi connectivity index (χ2n) is 4.73. The van der Waals surface area contributed by atoms with Crippen molar-refractivity contribution in [1.82, 2.24) is 9.88 Å². The fraction of sp³-hybridized carbons (Fsp3) is 0.500. The predicted molar refractivity (Wildman–Crippen MR) is 59.3 cm³/mol. The molecule has 0 atom stereocenters. The topological polar surface area (TPSA) is 51.1 Å². The summed E-state index contributed by atoms with van der Waals surface area (Å²) in [7, 11) is 0. The molecule has 0 unspecified atom stereocenters. The Labute approximate surface area is 93.3 Å². The maximum Gasteiger partial charge on any atom is 0.269 e. The number of pyridine rings is 1. The van der Waals surface area contributed by atoms with Crippen LogP contribution < -0.4 is 10.9 Å². The Hall–Kier alpha value is -1.58. The first-order chi connectivity index (χ1) is 7.64. The Morgan fingerprint density at radius 1 is 1.25 bits per heavy atom. The Morgan fingerprint density at radius 3 is 2.62 bits per heavy atom. The third kappa shape index (κ3) is 1.04. The lowest BCUT2D eigenvalue weighted by Gasteiger charge is -2.26. The van der Waals surface area contributed by atoms with Gasteiger partial charge < -0.3 is 5.32 Å². The van der Waals surface area contributed by atoms with Gasteiger partial charge in [0, 0.05) is 5.56 Å². The molecule has 1 spiro atoms. The molecule has 0 bridgehead atoms. The van der Waals surface area contributed by atoms with Crippen molar-refractivity contribution in [2.75, 3.05) is 0 Å². The van der Waals surface area contributed by atoms with E-state index in [1.165, 1.54) is 0 Å². The van der Waals surface area contributed by atoms with Gasteiger partial charge in [0.2, 0.25) is 0 Å². The van der Waals surface area contributed by atoms with E-state index in [0.29, 0.717) is 11.3 Å². The second kappa shape index (κ2) is 2.97. The molecule has 1 aliphatic carbocycles. The predicted octanol–water partition coefficient (Wildman–Crippen LogP) is 1.13. The van der Waals surface area contributed by atoms with E-state index >= 15 is 0 Å². The molecule has 16 heavy (non-hydrogen) atoms. The number of carbonyl (C=O) groups excluding carboxylic acids is 1. The van der Waals surface area contributed by atoms with Crippen LogP contribution in [-0.2, 0) is 5.66 Å². The normalized spacial score (nSPS) is 21.2. The molecule has 1 aromatic rings. The van der Waals surface area contributed by atoms with E-state index in [4.69, 9.17) is 0 Å². The number of nitrogens with zero attached hydrogens (tertiary/aromatic N) is 1. The molecule has 1 aromatic heterocycles. The summed E-state index contributed by atoms with van der Waals surface area (Å²) in [4.78, 5) is 24.0. The van der Waals surface area contributed by atoms with Gasteiger partial charge in [-0.2, -0.15) is 0 Å². The molecule has 0 saturated heterocycles. The summed E-state index contributed by atoms with van der Waals surface area (Å²) < 4.78 is 1.68. The zero-order valence-electron chi connectivity index (χ0n) is 9.25. The number of amides is 1. The molecule has 1 saturated carbocycles. The fourth-order valence-electron chi connectivity index (χ4n) is 2.88. The van der Waals surface area contributed by atoms with Crippen LogP contribution in [0.2, 0.25) is 0 Å². The van der Waals surface area contributed by atoms with E-state index in [1.54, 1.807) is 23.6 Å². The molecule has 1 N–H and O–H groups in total. The maximum absolute atomic E-state index is 12.1. The molecule has 1 amide bonds. The molecular formula is C12H14N2O2. The van der Waals surface area contributed by atoms with Crippen molar-refractivity contribution in [1.29, 1.82) is 0 Å². The van der Waals surface area contributed by atoms with Gasteiger partial charge in [0.1, 0.15) is 11.4 Å². The summed E-state index contributed by atoms with van der Waals surface area (Å²) >= 11 is 0.